The maximum atomic E-state index is 13.5. The Labute approximate surface area is 146 Å². The third-order valence-electron chi connectivity index (χ3n) is 4.59. The summed E-state index contributed by atoms with van der Waals surface area (Å²) in [5, 5.41) is 2.98. The standard InChI is InChI=1S/C20H22FN3O/c1-14(24-13-23-17-9-4-5-10-18(17)24)19(25)22-12-20(2,3)15-7-6-8-16(21)11-15/h4-11,13-14H,12H2,1-3H3,(H,22,25)/t14-/m1/s1. The third kappa shape index (κ3) is 3.55. The Balaban J connectivity index is 1.71. The van der Waals surface area contributed by atoms with E-state index in [0.717, 1.165) is 16.6 Å². The van der Waals surface area contributed by atoms with Crippen molar-refractivity contribution >= 4 is 16.9 Å². The Kier molecular flexibility index (Phi) is 4.57. The van der Waals surface area contributed by atoms with Crippen LogP contribution in [0.2, 0.25) is 0 Å². The summed E-state index contributed by atoms with van der Waals surface area (Å²) in [5.74, 6) is -0.359. The number of amides is 1. The number of hydrogen-bond donors (Lipinski definition) is 1. The second-order valence-electron chi connectivity index (χ2n) is 6.93. The number of halogens is 1. The number of nitrogens with zero attached hydrogens (tertiary/aromatic N) is 2. The molecule has 3 aromatic rings. The van der Waals surface area contributed by atoms with Crippen LogP contribution in [-0.4, -0.2) is 22.0 Å². The van der Waals surface area contributed by atoms with E-state index >= 15 is 0 Å². The van der Waals surface area contributed by atoms with Crippen molar-refractivity contribution in [3.05, 3.63) is 66.2 Å². The summed E-state index contributed by atoms with van der Waals surface area (Å²) in [7, 11) is 0. The van der Waals surface area contributed by atoms with Gasteiger partial charge in [-0.25, -0.2) is 9.37 Å². The van der Waals surface area contributed by atoms with Gasteiger partial charge in [-0.15, -0.1) is 0 Å². The van der Waals surface area contributed by atoms with E-state index in [4.69, 9.17) is 0 Å². The molecule has 0 saturated heterocycles. The lowest BCUT2D eigenvalue weighted by Crippen LogP contribution is -2.39. The van der Waals surface area contributed by atoms with Gasteiger partial charge < -0.3 is 9.88 Å². The molecular formula is C20H22FN3O. The SMILES string of the molecule is C[C@H](C(=O)NCC(C)(C)c1cccc(F)c1)n1cnc2ccccc21. The predicted molar refractivity (Wildman–Crippen MR) is 96.9 cm³/mol. The van der Waals surface area contributed by atoms with Crippen molar-refractivity contribution in [3.63, 3.8) is 0 Å². The Morgan fingerprint density at radius 3 is 2.76 bits per heavy atom. The Morgan fingerprint density at radius 2 is 2.00 bits per heavy atom. The normalized spacial score (nSPS) is 13.0. The molecule has 0 aliphatic carbocycles. The van der Waals surface area contributed by atoms with Gasteiger partial charge in [0.25, 0.3) is 0 Å². The molecule has 0 radical (unpaired) electrons. The van der Waals surface area contributed by atoms with E-state index in [2.05, 4.69) is 10.3 Å². The molecule has 0 spiro atoms. The minimum absolute atomic E-state index is 0.0902. The quantitative estimate of drug-likeness (QED) is 0.768. The first-order valence-corrected chi connectivity index (χ1v) is 8.34. The number of nitrogens with one attached hydrogen (secondary N) is 1. The van der Waals surface area contributed by atoms with Crippen LogP contribution in [0, 0.1) is 5.82 Å². The van der Waals surface area contributed by atoms with E-state index in [-0.39, 0.29) is 23.2 Å². The zero-order chi connectivity index (χ0) is 18.0. The number of benzene rings is 2. The number of fused-ring (bicyclic) bond motifs is 1. The smallest absolute Gasteiger partial charge is 0.242 e. The van der Waals surface area contributed by atoms with Crippen LogP contribution in [0.1, 0.15) is 32.4 Å². The van der Waals surface area contributed by atoms with E-state index in [1.165, 1.54) is 12.1 Å². The number of aromatic nitrogens is 2. The predicted octanol–water partition coefficient (Wildman–Crippen LogP) is 3.83. The highest BCUT2D eigenvalue weighted by atomic mass is 19.1. The van der Waals surface area contributed by atoms with Gasteiger partial charge in [0.1, 0.15) is 11.9 Å². The molecule has 0 saturated carbocycles. The van der Waals surface area contributed by atoms with Crippen LogP contribution < -0.4 is 5.32 Å². The molecule has 1 atom stereocenters. The molecule has 0 bridgehead atoms. The lowest BCUT2D eigenvalue weighted by Gasteiger charge is -2.26. The lowest BCUT2D eigenvalue weighted by molar-refractivity contribution is -0.124. The molecule has 0 fully saturated rings. The van der Waals surface area contributed by atoms with Gasteiger partial charge in [0, 0.05) is 12.0 Å². The third-order valence-corrected chi connectivity index (χ3v) is 4.59. The summed E-state index contributed by atoms with van der Waals surface area (Å²) in [6, 6.07) is 13.8. The van der Waals surface area contributed by atoms with Crippen LogP contribution >= 0.6 is 0 Å². The van der Waals surface area contributed by atoms with Gasteiger partial charge in [0.15, 0.2) is 0 Å². The number of imidazole rings is 1. The van der Waals surface area contributed by atoms with E-state index in [9.17, 15) is 9.18 Å². The second kappa shape index (κ2) is 6.67. The lowest BCUT2D eigenvalue weighted by atomic mass is 9.84. The summed E-state index contributed by atoms with van der Waals surface area (Å²) in [5.41, 5.74) is 2.28. The molecule has 3 rings (SSSR count). The highest BCUT2D eigenvalue weighted by molar-refractivity contribution is 5.83. The molecule has 0 aliphatic rings. The first kappa shape index (κ1) is 17.1. The summed E-state index contributed by atoms with van der Waals surface area (Å²) >= 11 is 0. The van der Waals surface area contributed by atoms with E-state index in [1.807, 2.05) is 55.7 Å². The first-order chi connectivity index (χ1) is 11.9. The van der Waals surface area contributed by atoms with Gasteiger partial charge in [-0.2, -0.15) is 0 Å². The fraction of sp³-hybridized carbons (Fsp3) is 0.300. The molecule has 2 aromatic carbocycles. The summed E-state index contributed by atoms with van der Waals surface area (Å²) in [6.45, 7) is 6.24. The van der Waals surface area contributed by atoms with Crippen molar-refractivity contribution in [2.75, 3.05) is 6.54 Å². The topological polar surface area (TPSA) is 46.9 Å². The van der Waals surface area contributed by atoms with Gasteiger partial charge in [-0.1, -0.05) is 38.1 Å². The van der Waals surface area contributed by atoms with Crippen molar-refractivity contribution in [2.45, 2.75) is 32.2 Å². The van der Waals surface area contributed by atoms with Gasteiger partial charge in [0.05, 0.1) is 17.4 Å². The number of rotatable bonds is 5. The van der Waals surface area contributed by atoms with Crippen LogP contribution in [0.5, 0.6) is 0 Å². The molecule has 1 amide bonds. The zero-order valence-corrected chi connectivity index (χ0v) is 14.7. The van der Waals surface area contributed by atoms with Crippen molar-refractivity contribution in [1.82, 2.24) is 14.9 Å². The summed E-state index contributed by atoms with van der Waals surface area (Å²) in [6.07, 6.45) is 1.69. The van der Waals surface area contributed by atoms with Gasteiger partial charge in [0.2, 0.25) is 5.91 Å². The highest BCUT2D eigenvalue weighted by Crippen LogP contribution is 2.23. The van der Waals surface area contributed by atoms with E-state index < -0.39 is 0 Å². The fourth-order valence-corrected chi connectivity index (χ4v) is 2.88. The number of carbonyl (C=O) groups is 1. The molecule has 0 unspecified atom stereocenters. The fourth-order valence-electron chi connectivity index (χ4n) is 2.88. The maximum Gasteiger partial charge on any atom is 0.242 e. The molecular weight excluding hydrogens is 317 g/mol. The van der Waals surface area contributed by atoms with E-state index in [1.54, 1.807) is 12.4 Å². The van der Waals surface area contributed by atoms with Crippen LogP contribution in [-0.2, 0) is 10.2 Å². The molecule has 1 aromatic heterocycles. The van der Waals surface area contributed by atoms with Crippen molar-refractivity contribution in [3.8, 4) is 0 Å². The number of hydrogen-bond acceptors (Lipinski definition) is 2. The van der Waals surface area contributed by atoms with Crippen molar-refractivity contribution in [1.29, 1.82) is 0 Å². The minimum Gasteiger partial charge on any atom is -0.353 e. The van der Waals surface area contributed by atoms with Crippen LogP contribution in [0.25, 0.3) is 11.0 Å². The largest absolute Gasteiger partial charge is 0.353 e. The number of para-hydroxylation sites is 2. The molecule has 0 aliphatic heterocycles. The Hall–Kier alpha value is -2.69. The van der Waals surface area contributed by atoms with Crippen molar-refractivity contribution in [2.24, 2.45) is 0 Å². The van der Waals surface area contributed by atoms with Gasteiger partial charge >= 0.3 is 0 Å². The molecule has 1 N–H and O–H groups in total. The van der Waals surface area contributed by atoms with Gasteiger partial charge in [-0.05, 0) is 36.8 Å². The molecule has 5 heteroatoms. The Bertz CT molecular complexity index is 901. The van der Waals surface area contributed by atoms with Crippen molar-refractivity contribution < 1.29 is 9.18 Å². The minimum atomic E-state index is -0.379. The van der Waals surface area contributed by atoms with E-state index in [0.29, 0.717) is 6.54 Å². The van der Waals surface area contributed by atoms with Crippen LogP contribution in [0.15, 0.2) is 54.9 Å². The molecule has 4 nitrogen and oxygen atoms in total. The zero-order valence-electron chi connectivity index (χ0n) is 14.7. The average molecular weight is 339 g/mol. The number of carbonyl (C=O) groups excluding carboxylic acids is 1. The monoisotopic (exact) mass is 339 g/mol. The van der Waals surface area contributed by atoms with Crippen LogP contribution in [0.3, 0.4) is 0 Å². The average Bonchev–Trinajstić information content (AvgIpc) is 3.03. The highest BCUT2D eigenvalue weighted by Gasteiger charge is 2.24. The maximum absolute atomic E-state index is 13.5. The summed E-state index contributed by atoms with van der Waals surface area (Å²) in [4.78, 5) is 16.9. The molecule has 1 heterocycles. The first-order valence-electron chi connectivity index (χ1n) is 8.34. The molecule has 130 valence electrons. The van der Waals surface area contributed by atoms with Gasteiger partial charge in [-0.3, -0.25) is 4.79 Å². The molecule has 25 heavy (non-hydrogen) atoms. The second-order valence-corrected chi connectivity index (χ2v) is 6.93. The Morgan fingerprint density at radius 1 is 1.24 bits per heavy atom. The van der Waals surface area contributed by atoms with Crippen LogP contribution in [0.4, 0.5) is 4.39 Å². The summed E-state index contributed by atoms with van der Waals surface area (Å²) < 4.78 is 15.3.